The lowest BCUT2D eigenvalue weighted by molar-refractivity contribution is 0.0748. The van der Waals surface area contributed by atoms with E-state index in [4.69, 9.17) is 4.98 Å². The van der Waals surface area contributed by atoms with Gasteiger partial charge in [-0.05, 0) is 69.7 Å². The van der Waals surface area contributed by atoms with Crippen LogP contribution < -0.4 is 0 Å². The number of amides is 1. The molecule has 186 valence electrons. The summed E-state index contributed by atoms with van der Waals surface area (Å²) in [5, 5.41) is 5.62. The van der Waals surface area contributed by atoms with E-state index in [-0.39, 0.29) is 5.91 Å². The van der Waals surface area contributed by atoms with Crippen LogP contribution in [0, 0.1) is 12.8 Å². The summed E-state index contributed by atoms with van der Waals surface area (Å²) in [6.45, 7) is 11.7. The molecule has 36 heavy (non-hydrogen) atoms. The van der Waals surface area contributed by atoms with Crippen LogP contribution in [0.15, 0.2) is 36.5 Å². The van der Waals surface area contributed by atoms with Crippen molar-refractivity contribution in [1.29, 1.82) is 0 Å². The van der Waals surface area contributed by atoms with Crippen molar-refractivity contribution in [2.24, 2.45) is 5.92 Å². The van der Waals surface area contributed by atoms with Crippen molar-refractivity contribution in [1.82, 2.24) is 24.2 Å². The number of aryl methyl sites for hydroxylation is 4. The normalized spacial score (nSPS) is 15.2. The maximum absolute atomic E-state index is 13.8. The summed E-state index contributed by atoms with van der Waals surface area (Å²) >= 11 is 0. The fourth-order valence-corrected chi connectivity index (χ4v) is 5.76. The maximum atomic E-state index is 13.8. The number of benzene rings is 1. The molecule has 3 aromatic heterocycles. The molecule has 1 amide bonds. The molecule has 0 saturated heterocycles. The molecule has 0 atom stereocenters. The number of nitrogens with zero attached hydrogens (tertiary/aromatic N) is 5. The SMILES string of the molecule is CCc1ccc(-c2cc(C(=O)N3Cc4cnn(CC)c4C3)cc3cc(CC)n(CC4CC4)c23)c(C)n1. The summed E-state index contributed by atoms with van der Waals surface area (Å²) in [5.74, 6) is 0.851. The molecule has 1 saturated carbocycles. The van der Waals surface area contributed by atoms with Gasteiger partial charge in [-0.15, -0.1) is 0 Å². The second-order valence-electron chi connectivity index (χ2n) is 10.4. The van der Waals surface area contributed by atoms with E-state index in [9.17, 15) is 4.79 Å². The van der Waals surface area contributed by atoms with Gasteiger partial charge in [-0.25, -0.2) is 0 Å². The molecule has 2 aliphatic rings. The van der Waals surface area contributed by atoms with Crippen LogP contribution in [0.25, 0.3) is 22.0 Å². The first-order valence-electron chi connectivity index (χ1n) is 13.5. The Kier molecular flexibility index (Phi) is 5.70. The predicted octanol–water partition coefficient (Wildman–Crippen LogP) is 5.92. The van der Waals surface area contributed by atoms with Gasteiger partial charge in [0, 0.05) is 64.4 Å². The van der Waals surface area contributed by atoms with Crippen molar-refractivity contribution in [2.75, 3.05) is 0 Å². The molecular formula is C30H35N5O. The fourth-order valence-electron chi connectivity index (χ4n) is 5.76. The molecule has 6 nitrogen and oxygen atoms in total. The van der Waals surface area contributed by atoms with E-state index in [0.717, 1.165) is 76.6 Å². The smallest absolute Gasteiger partial charge is 0.254 e. The third-order valence-corrected chi connectivity index (χ3v) is 7.94. The largest absolute Gasteiger partial charge is 0.344 e. The van der Waals surface area contributed by atoms with Crippen LogP contribution in [-0.4, -0.2) is 30.1 Å². The van der Waals surface area contributed by atoms with Crippen molar-refractivity contribution in [3.63, 3.8) is 0 Å². The minimum atomic E-state index is 0.0841. The highest BCUT2D eigenvalue weighted by atomic mass is 16.2. The lowest BCUT2D eigenvalue weighted by atomic mass is 9.97. The third kappa shape index (κ3) is 3.83. The molecule has 1 aromatic carbocycles. The maximum Gasteiger partial charge on any atom is 0.254 e. The molecule has 1 aliphatic heterocycles. The van der Waals surface area contributed by atoms with Gasteiger partial charge in [0.15, 0.2) is 0 Å². The van der Waals surface area contributed by atoms with Crippen molar-refractivity contribution < 1.29 is 4.79 Å². The number of rotatable bonds is 7. The fraction of sp³-hybridized carbons (Fsp3) is 0.433. The topological polar surface area (TPSA) is 56.0 Å². The summed E-state index contributed by atoms with van der Waals surface area (Å²) in [5.41, 5.74) is 10.0. The molecule has 1 fully saturated rings. The monoisotopic (exact) mass is 481 g/mol. The van der Waals surface area contributed by atoms with E-state index in [1.54, 1.807) is 0 Å². The molecule has 0 spiro atoms. The summed E-state index contributed by atoms with van der Waals surface area (Å²) in [7, 11) is 0. The van der Waals surface area contributed by atoms with Crippen LogP contribution in [0.2, 0.25) is 0 Å². The number of hydrogen-bond donors (Lipinski definition) is 0. The van der Waals surface area contributed by atoms with E-state index >= 15 is 0 Å². The van der Waals surface area contributed by atoms with Gasteiger partial charge in [0.1, 0.15) is 0 Å². The zero-order valence-corrected chi connectivity index (χ0v) is 21.8. The zero-order chi connectivity index (χ0) is 25.0. The Morgan fingerprint density at radius 1 is 1.03 bits per heavy atom. The van der Waals surface area contributed by atoms with E-state index in [1.165, 1.54) is 24.1 Å². The summed E-state index contributed by atoms with van der Waals surface area (Å²) in [6, 6.07) is 10.9. The van der Waals surface area contributed by atoms with Crippen LogP contribution in [0.5, 0.6) is 0 Å². The average molecular weight is 482 g/mol. The van der Waals surface area contributed by atoms with Crippen LogP contribution in [0.4, 0.5) is 0 Å². The minimum absolute atomic E-state index is 0.0841. The number of fused-ring (bicyclic) bond motifs is 2. The van der Waals surface area contributed by atoms with Gasteiger partial charge in [0.25, 0.3) is 5.91 Å². The second kappa shape index (κ2) is 8.91. The van der Waals surface area contributed by atoms with E-state index in [1.807, 2.05) is 15.8 Å². The Balaban J connectivity index is 1.48. The Labute approximate surface area is 212 Å². The van der Waals surface area contributed by atoms with E-state index in [0.29, 0.717) is 13.1 Å². The van der Waals surface area contributed by atoms with Crippen molar-refractivity contribution in [3.8, 4) is 11.1 Å². The van der Waals surface area contributed by atoms with Gasteiger partial charge in [-0.1, -0.05) is 19.9 Å². The van der Waals surface area contributed by atoms with Crippen molar-refractivity contribution >= 4 is 16.8 Å². The zero-order valence-electron chi connectivity index (χ0n) is 21.8. The number of carbonyl (C=O) groups is 1. The molecular weight excluding hydrogens is 446 g/mol. The first-order chi connectivity index (χ1) is 17.5. The molecule has 6 heteroatoms. The Morgan fingerprint density at radius 3 is 2.56 bits per heavy atom. The highest BCUT2D eigenvalue weighted by Crippen LogP contribution is 2.38. The first-order valence-corrected chi connectivity index (χ1v) is 13.5. The van der Waals surface area contributed by atoms with Crippen LogP contribution >= 0.6 is 0 Å². The highest BCUT2D eigenvalue weighted by molar-refractivity contribution is 6.04. The quantitative estimate of drug-likeness (QED) is 0.329. The molecule has 0 N–H and O–H groups in total. The molecule has 1 aliphatic carbocycles. The number of carbonyl (C=O) groups excluding carboxylic acids is 1. The number of pyridine rings is 1. The third-order valence-electron chi connectivity index (χ3n) is 7.94. The van der Waals surface area contributed by atoms with Crippen LogP contribution in [0.3, 0.4) is 0 Å². The predicted molar refractivity (Wildman–Crippen MR) is 143 cm³/mol. The standard InChI is InChI=1S/C30H35N5O/c1-5-24-10-11-26(19(4)32-24)27-14-22(30(36)33-17-23-15-31-35(7-3)28(23)18-33)12-21-13-25(6-2)34(29(21)27)16-20-8-9-20/h10-15,20H,5-9,16-18H2,1-4H3. The van der Waals surface area contributed by atoms with Gasteiger partial charge in [0.05, 0.1) is 24.0 Å². The van der Waals surface area contributed by atoms with Gasteiger partial charge < -0.3 is 9.47 Å². The summed E-state index contributed by atoms with van der Waals surface area (Å²) in [4.78, 5) is 20.7. The van der Waals surface area contributed by atoms with Crippen LogP contribution in [-0.2, 0) is 39.0 Å². The summed E-state index contributed by atoms with van der Waals surface area (Å²) in [6.07, 6.45) is 6.43. The van der Waals surface area contributed by atoms with Gasteiger partial charge >= 0.3 is 0 Å². The van der Waals surface area contributed by atoms with Crippen molar-refractivity contribution in [2.45, 2.75) is 79.6 Å². The highest BCUT2D eigenvalue weighted by Gasteiger charge is 2.29. The van der Waals surface area contributed by atoms with Gasteiger partial charge in [0.2, 0.25) is 0 Å². The molecule has 4 heterocycles. The Morgan fingerprint density at radius 2 is 1.86 bits per heavy atom. The molecule has 6 rings (SSSR count). The Hall–Kier alpha value is -3.41. The van der Waals surface area contributed by atoms with Gasteiger partial charge in [-0.2, -0.15) is 5.10 Å². The van der Waals surface area contributed by atoms with Crippen molar-refractivity contribution in [3.05, 3.63) is 70.4 Å². The van der Waals surface area contributed by atoms with E-state index < -0.39 is 0 Å². The average Bonchev–Trinajstić information content (AvgIpc) is 3.31. The summed E-state index contributed by atoms with van der Waals surface area (Å²) < 4.78 is 4.53. The molecule has 0 unspecified atom stereocenters. The van der Waals surface area contributed by atoms with E-state index in [2.05, 4.69) is 67.7 Å². The molecule has 4 aromatic rings. The lowest BCUT2D eigenvalue weighted by Crippen LogP contribution is -2.26. The Bertz CT molecular complexity index is 1470. The molecule has 0 radical (unpaired) electrons. The molecule has 0 bridgehead atoms. The number of aromatic nitrogens is 4. The lowest BCUT2D eigenvalue weighted by Gasteiger charge is -2.19. The van der Waals surface area contributed by atoms with Gasteiger partial charge in [-0.3, -0.25) is 14.5 Å². The first kappa shape index (κ1) is 23.0. The number of hydrogen-bond acceptors (Lipinski definition) is 3. The minimum Gasteiger partial charge on any atom is -0.344 e. The van der Waals surface area contributed by atoms with Crippen LogP contribution in [0.1, 0.15) is 72.3 Å². The second-order valence-corrected chi connectivity index (χ2v) is 10.4.